The van der Waals surface area contributed by atoms with Crippen molar-refractivity contribution in [1.29, 1.82) is 0 Å². The van der Waals surface area contributed by atoms with Gasteiger partial charge >= 0.3 is 53.7 Å². The van der Waals surface area contributed by atoms with E-state index in [4.69, 9.17) is 85.3 Å². The van der Waals surface area contributed by atoms with Gasteiger partial charge in [-0.05, 0) is 124 Å². The van der Waals surface area contributed by atoms with Gasteiger partial charge in [0.1, 0.15) is 67.4 Å². The number of carbonyl (C=O) groups is 15. The number of nitrogens with one attached hydrogen (secondary N) is 6. The maximum Gasteiger partial charge on any atom is 0.344 e. The molecule has 0 aliphatic carbocycles. The average Bonchev–Trinajstić information content (AvgIpc) is 0.829. The highest BCUT2D eigenvalue weighted by Gasteiger charge is 2.47. The Morgan fingerprint density at radius 2 is 0.627 bits per heavy atom. The first-order valence-corrected chi connectivity index (χ1v) is 50.7. The predicted octanol–water partition coefficient (Wildman–Crippen LogP) is 9.87. The lowest BCUT2D eigenvalue weighted by Crippen LogP contribution is -2.56. The molecule has 0 saturated carbocycles. The predicted molar refractivity (Wildman–Crippen MR) is 524 cm³/mol. The number of ether oxygens (including phenoxy) is 18. The summed E-state index contributed by atoms with van der Waals surface area (Å²) in [5, 5.41) is 15.1. The molecular formula is C103H174N6O33. The Kier molecular flexibility index (Phi) is 61.9. The Bertz CT molecular complexity index is 3680. The standard InChI is InChI=1S/C54H90N6O18.C34H62O12.C15H22O3/c1-22(2)34-49(67)73-31(19)43(61)55-38(26(9)10)53(71)77-41(29(15)16)47(65)59-36(24(5)6)51(69)75-33(21)45(63)57-39(27(11)12)54(72)78-42(30(17)18)48(66)60-35(23(3)4)50(68)74-32(20)44(62)56-37(25(7)8)52(70)76-40(28(13)14)46(64)58-34;1-3-4-5-6-7-8-9-10-11-12-13-34(2,32(35)45-28-30-26-41-20-18-37-14-16-39-22-24-43-30)33(36)46-29-31-27-42-21-19-38-15-17-40-23-25-44-31;1-6-17-14(16)10-18-13-8-7-12(9-11(13)2)15(3,4)5/h22-42H,1-21H3,(H,55,61)(H,56,62)(H,57,63)(H,58,64)(H,59,65)(H,60,66);30-31H,3-29H2,1-2H3;7-9H,6,10H2,1-5H3/t31-,32-,33-,34-,35+,36+,37-,38-,39-,40+,41+,42+;;/m0../s1. The van der Waals surface area contributed by atoms with E-state index >= 15 is 0 Å². The second-order valence-corrected chi connectivity index (χ2v) is 40.3. The molecule has 0 spiro atoms. The summed E-state index contributed by atoms with van der Waals surface area (Å²) >= 11 is 0. The number of cyclic esters (lactones) is 6. The van der Waals surface area contributed by atoms with E-state index in [0.29, 0.717) is 98.7 Å². The Morgan fingerprint density at radius 1 is 0.352 bits per heavy atom. The van der Waals surface area contributed by atoms with Gasteiger partial charge in [0.2, 0.25) is 0 Å². The van der Waals surface area contributed by atoms with Crippen LogP contribution in [0.1, 0.15) is 269 Å². The fourth-order valence-electron chi connectivity index (χ4n) is 14.2. The molecule has 3 fully saturated rings. The number of esters is 9. The topological polar surface area (TPSA) is 494 Å². The summed E-state index contributed by atoms with van der Waals surface area (Å²) in [4.78, 5) is 203. The number of hydrogen-bond donors (Lipinski definition) is 6. The highest BCUT2D eigenvalue weighted by molar-refractivity contribution is 6.00. The lowest BCUT2D eigenvalue weighted by molar-refractivity contribution is -0.179. The van der Waals surface area contributed by atoms with E-state index in [1.165, 1.54) is 64.9 Å². The van der Waals surface area contributed by atoms with Crippen molar-refractivity contribution in [2.24, 2.45) is 58.7 Å². The van der Waals surface area contributed by atoms with Gasteiger partial charge in [-0.15, -0.1) is 0 Å². The first-order chi connectivity index (χ1) is 66.8. The first-order valence-electron chi connectivity index (χ1n) is 50.7. The fraction of sp³-hybridized carbons (Fsp3) is 0.796. The van der Waals surface area contributed by atoms with Crippen LogP contribution in [-0.4, -0.2) is 293 Å². The molecule has 6 N–H and O–H groups in total. The largest absolute Gasteiger partial charge is 0.482 e. The minimum Gasteiger partial charge on any atom is -0.482 e. The molecular weight excluding hydrogens is 1850 g/mol. The van der Waals surface area contributed by atoms with Crippen LogP contribution in [0.4, 0.5) is 0 Å². The number of amides is 6. The normalized spacial score (nSPS) is 24.7. The molecule has 0 bridgehead atoms. The molecule has 3 saturated heterocycles. The smallest absolute Gasteiger partial charge is 0.344 e. The third kappa shape index (κ3) is 48.6. The molecule has 14 atom stereocenters. The van der Waals surface area contributed by atoms with Crippen molar-refractivity contribution in [2.75, 3.05) is 119 Å². The van der Waals surface area contributed by atoms with E-state index in [1.807, 2.05) is 19.1 Å². The van der Waals surface area contributed by atoms with Gasteiger partial charge in [-0.25, -0.2) is 33.6 Å². The van der Waals surface area contributed by atoms with Crippen LogP contribution in [0, 0.1) is 65.6 Å². The van der Waals surface area contributed by atoms with Gasteiger partial charge in [-0.3, -0.25) is 38.4 Å². The van der Waals surface area contributed by atoms with Crippen molar-refractivity contribution in [2.45, 2.75) is 355 Å². The van der Waals surface area contributed by atoms with E-state index in [0.717, 1.165) is 30.6 Å². The summed E-state index contributed by atoms with van der Waals surface area (Å²) in [5.41, 5.74) is 0.923. The van der Waals surface area contributed by atoms with Crippen molar-refractivity contribution >= 4 is 89.2 Å². The highest BCUT2D eigenvalue weighted by atomic mass is 16.6. The summed E-state index contributed by atoms with van der Waals surface area (Å²) in [6.45, 7) is 52.0. The summed E-state index contributed by atoms with van der Waals surface area (Å²) in [5.74, 6) is -18.7. The van der Waals surface area contributed by atoms with Crippen molar-refractivity contribution in [3.63, 3.8) is 0 Å². The van der Waals surface area contributed by atoms with Gasteiger partial charge in [0.05, 0.1) is 99.1 Å². The molecule has 4 rings (SSSR count). The van der Waals surface area contributed by atoms with Crippen LogP contribution >= 0.6 is 0 Å². The number of benzene rings is 1. The number of aryl methyl sites for hydroxylation is 1. The summed E-state index contributed by atoms with van der Waals surface area (Å²) in [7, 11) is 0. The zero-order chi connectivity index (χ0) is 107. The molecule has 0 radical (unpaired) electrons. The van der Waals surface area contributed by atoms with Crippen LogP contribution in [0.2, 0.25) is 0 Å². The van der Waals surface area contributed by atoms with Crippen molar-refractivity contribution in [1.82, 2.24) is 31.9 Å². The molecule has 2 unspecified atom stereocenters. The summed E-state index contributed by atoms with van der Waals surface area (Å²) < 4.78 is 100. The quantitative estimate of drug-likeness (QED) is 0.0180. The third-order valence-electron chi connectivity index (χ3n) is 23.3. The lowest BCUT2D eigenvalue weighted by Gasteiger charge is -2.30. The zero-order valence-corrected chi connectivity index (χ0v) is 90.0. The molecule has 142 heavy (non-hydrogen) atoms. The molecule has 39 heteroatoms. The highest BCUT2D eigenvalue weighted by Crippen LogP contribution is 2.32. The van der Waals surface area contributed by atoms with Crippen LogP contribution in [0.25, 0.3) is 0 Å². The van der Waals surface area contributed by atoms with Crippen LogP contribution < -0.4 is 36.6 Å². The number of unbranched alkanes of at least 4 members (excludes halogenated alkanes) is 9. The molecule has 814 valence electrons. The van der Waals surface area contributed by atoms with Gasteiger partial charge in [-0.1, -0.05) is 229 Å². The SMILES string of the molecule is CC(C)[C@@H]1NC(=O)[C@@H](C(C)C)OC(=O)[C@H](C(C)C)NC(=O)[C@H](C)OC(=O)[C@@H](C(C)C)NC(=O)[C@@H](C(C)C)OC(=O)[C@H](C(C)C)NC(=O)[C@H](C)OC(=O)[C@@H](C(C)C)NC(=O)[C@@H](C(C)C)OC(=O)[C@H](C(C)C)NC(=O)[C@H](C)OC1=O.CCCCCCCCCCCCC(C)(C(=O)OCC1COCCOCCOCCO1)C(=O)OCC1COCCOCCOCCO1.CCOC(=O)COc1ccc(C(C)(C)C)cc1C. The number of rotatable bonds is 30. The van der Waals surface area contributed by atoms with Crippen molar-refractivity contribution in [3.05, 3.63) is 29.3 Å². The van der Waals surface area contributed by atoms with E-state index in [1.54, 1.807) is 138 Å². The summed E-state index contributed by atoms with van der Waals surface area (Å²) in [6, 6.07) is -2.33. The van der Waals surface area contributed by atoms with Crippen molar-refractivity contribution in [3.8, 4) is 5.75 Å². The Labute approximate surface area is 842 Å². The second-order valence-electron chi connectivity index (χ2n) is 40.3. The molecule has 6 amide bonds. The van der Waals surface area contributed by atoms with Gasteiger partial charge < -0.3 is 117 Å². The third-order valence-corrected chi connectivity index (χ3v) is 23.3. The minimum atomic E-state index is -1.55. The fourth-order valence-corrected chi connectivity index (χ4v) is 14.2. The van der Waals surface area contributed by atoms with Crippen LogP contribution in [0.5, 0.6) is 5.75 Å². The van der Waals surface area contributed by atoms with Gasteiger partial charge in [0.25, 0.3) is 35.4 Å². The lowest BCUT2D eigenvalue weighted by atomic mass is 9.84. The van der Waals surface area contributed by atoms with Crippen LogP contribution in [0.3, 0.4) is 0 Å². The molecule has 1 aromatic carbocycles. The van der Waals surface area contributed by atoms with Crippen LogP contribution in [0.15, 0.2) is 18.2 Å². The van der Waals surface area contributed by atoms with E-state index in [2.05, 4.69) is 65.7 Å². The zero-order valence-electron chi connectivity index (χ0n) is 90.0. The first kappa shape index (κ1) is 129. The number of hydrogen-bond acceptors (Lipinski definition) is 33. The van der Waals surface area contributed by atoms with E-state index in [9.17, 15) is 71.9 Å². The molecule has 3 heterocycles. The van der Waals surface area contributed by atoms with E-state index in [-0.39, 0.29) is 44.4 Å². The Morgan fingerprint density at radius 3 is 0.901 bits per heavy atom. The monoisotopic (exact) mass is 2020 g/mol. The maximum absolute atomic E-state index is 13.9. The van der Waals surface area contributed by atoms with E-state index < -0.39 is 227 Å². The Balaban J connectivity index is 0.000000883. The van der Waals surface area contributed by atoms with Crippen molar-refractivity contribution < 1.29 is 157 Å². The van der Waals surface area contributed by atoms with Gasteiger partial charge in [-0.2, -0.15) is 0 Å². The molecule has 39 nitrogen and oxygen atoms in total. The van der Waals surface area contributed by atoms with Gasteiger partial charge in [0.15, 0.2) is 48.6 Å². The van der Waals surface area contributed by atoms with Gasteiger partial charge in [0, 0.05) is 0 Å². The molecule has 0 aromatic heterocycles. The number of carbonyl (C=O) groups excluding carboxylic acids is 15. The minimum absolute atomic E-state index is 0.0382. The average molecular weight is 2020 g/mol. The molecule has 3 aliphatic heterocycles. The molecule has 1 aromatic rings. The molecule has 3 aliphatic rings. The second kappa shape index (κ2) is 68.2. The maximum atomic E-state index is 13.9. The Hall–Kier alpha value is -9.25. The van der Waals surface area contributed by atoms with Crippen LogP contribution in [-0.2, 0) is 158 Å². The summed E-state index contributed by atoms with van der Waals surface area (Å²) in [6.07, 6.45) is 1.53.